The van der Waals surface area contributed by atoms with E-state index in [-0.39, 0.29) is 12.4 Å². The van der Waals surface area contributed by atoms with Gasteiger partial charge < -0.3 is 14.8 Å². The summed E-state index contributed by atoms with van der Waals surface area (Å²) in [6.45, 7) is 7.09. The minimum atomic E-state index is -0.825. The van der Waals surface area contributed by atoms with Crippen molar-refractivity contribution in [3.05, 3.63) is 29.6 Å². The van der Waals surface area contributed by atoms with E-state index >= 15 is 0 Å². The third kappa shape index (κ3) is 5.17. The molecule has 5 heteroatoms. The lowest BCUT2D eigenvalue weighted by Crippen LogP contribution is -2.26. The van der Waals surface area contributed by atoms with Gasteiger partial charge in [0.15, 0.2) is 17.7 Å². The Labute approximate surface area is 119 Å². The number of carbonyl (C=O) groups excluding carboxylic acids is 1. The van der Waals surface area contributed by atoms with Crippen LogP contribution in [0.25, 0.3) is 0 Å². The molecule has 0 saturated carbocycles. The Morgan fingerprint density at radius 3 is 2.75 bits per heavy atom. The zero-order valence-electron chi connectivity index (χ0n) is 12.2. The number of halogens is 1. The molecule has 1 rings (SSSR count). The number of ether oxygens (including phenoxy) is 2. The van der Waals surface area contributed by atoms with E-state index < -0.39 is 17.9 Å². The van der Waals surface area contributed by atoms with Gasteiger partial charge in [0.1, 0.15) is 0 Å². The van der Waals surface area contributed by atoms with Gasteiger partial charge in [-0.05, 0) is 44.5 Å². The summed E-state index contributed by atoms with van der Waals surface area (Å²) >= 11 is 0. The van der Waals surface area contributed by atoms with Gasteiger partial charge in [0, 0.05) is 6.54 Å². The second kappa shape index (κ2) is 8.53. The van der Waals surface area contributed by atoms with Crippen molar-refractivity contribution >= 4 is 5.97 Å². The molecule has 20 heavy (non-hydrogen) atoms. The number of hydrogen-bond donors (Lipinski definition) is 1. The van der Waals surface area contributed by atoms with Crippen molar-refractivity contribution in [1.29, 1.82) is 0 Å². The van der Waals surface area contributed by atoms with Gasteiger partial charge in [-0.3, -0.25) is 0 Å². The van der Waals surface area contributed by atoms with E-state index in [9.17, 15) is 9.18 Å². The van der Waals surface area contributed by atoms with E-state index in [0.717, 1.165) is 18.5 Å². The zero-order chi connectivity index (χ0) is 15.0. The second-order valence-electron chi connectivity index (χ2n) is 4.45. The topological polar surface area (TPSA) is 47.6 Å². The van der Waals surface area contributed by atoms with Crippen molar-refractivity contribution in [3.8, 4) is 5.75 Å². The molecule has 0 aliphatic rings. The summed E-state index contributed by atoms with van der Waals surface area (Å²) in [6, 6.07) is 4.73. The summed E-state index contributed by atoms with van der Waals surface area (Å²) in [7, 11) is 0. The predicted octanol–water partition coefficient (Wildman–Crippen LogP) is 2.66. The van der Waals surface area contributed by atoms with Crippen molar-refractivity contribution in [2.75, 3.05) is 13.2 Å². The Hall–Kier alpha value is -1.62. The minimum Gasteiger partial charge on any atom is -0.476 e. The summed E-state index contributed by atoms with van der Waals surface area (Å²) in [4.78, 5) is 11.4. The Balaban J connectivity index is 2.61. The first-order valence-corrected chi connectivity index (χ1v) is 6.90. The van der Waals surface area contributed by atoms with Crippen LogP contribution in [0.4, 0.5) is 4.39 Å². The molecule has 0 bridgehead atoms. The van der Waals surface area contributed by atoms with Crippen LogP contribution in [0.3, 0.4) is 0 Å². The van der Waals surface area contributed by atoms with E-state index in [2.05, 4.69) is 12.2 Å². The van der Waals surface area contributed by atoms with Crippen molar-refractivity contribution in [3.63, 3.8) is 0 Å². The standard InChI is InChI=1S/C15H22FNO3/c1-4-8-17-10-12-6-7-14(13(16)9-12)20-11(3)15(18)19-5-2/h6-7,9,11,17H,4-5,8,10H2,1-3H3. The highest BCUT2D eigenvalue weighted by atomic mass is 19.1. The van der Waals surface area contributed by atoms with Crippen molar-refractivity contribution in [1.82, 2.24) is 5.32 Å². The van der Waals surface area contributed by atoms with Crippen LogP contribution in [0, 0.1) is 5.82 Å². The highest BCUT2D eigenvalue weighted by Gasteiger charge is 2.17. The Morgan fingerprint density at radius 2 is 2.15 bits per heavy atom. The molecule has 0 aliphatic heterocycles. The molecule has 0 amide bonds. The molecule has 1 atom stereocenters. The number of benzene rings is 1. The predicted molar refractivity (Wildman–Crippen MR) is 75.1 cm³/mol. The fourth-order valence-corrected chi connectivity index (χ4v) is 1.66. The van der Waals surface area contributed by atoms with Gasteiger partial charge in [0.2, 0.25) is 0 Å². The van der Waals surface area contributed by atoms with E-state index in [1.165, 1.54) is 19.1 Å². The molecular weight excluding hydrogens is 261 g/mol. The molecule has 0 heterocycles. The van der Waals surface area contributed by atoms with Crippen LogP contribution < -0.4 is 10.1 Å². The second-order valence-corrected chi connectivity index (χ2v) is 4.45. The van der Waals surface area contributed by atoms with E-state index in [0.29, 0.717) is 6.54 Å². The quantitative estimate of drug-likeness (QED) is 0.588. The van der Waals surface area contributed by atoms with Crippen LogP contribution in [-0.2, 0) is 16.1 Å². The van der Waals surface area contributed by atoms with E-state index in [4.69, 9.17) is 9.47 Å². The lowest BCUT2D eigenvalue weighted by atomic mass is 10.2. The number of nitrogens with one attached hydrogen (secondary N) is 1. The smallest absolute Gasteiger partial charge is 0.347 e. The van der Waals surface area contributed by atoms with E-state index in [1.807, 2.05) is 0 Å². The highest BCUT2D eigenvalue weighted by molar-refractivity contribution is 5.74. The Kier molecular flexibility index (Phi) is 7.01. The van der Waals surface area contributed by atoms with Crippen molar-refractivity contribution in [2.24, 2.45) is 0 Å². The number of rotatable bonds is 8. The minimum absolute atomic E-state index is 0.0600. The average Bonchev–Trinajstić information content (AvgIpc) is 2.42. The molecule has 1 aromatic carbocycles. The van der Waals surface area contributed by atoms with Crippen LogP contribution in [0.1, 0.15) is 32.8 Å². The SMILES string of the molecule is CCCNCc1ccc(OC(C)C(=O)OCC)c(F)c1. The monoisotopic (exact) mass is 283 g/mol. The maximum atomic E-state index is 13.9. The van der Waals surface area contributed by atoms with Gasteiger partial charge >= 0.3 is 5.97 Å². The molecule has 0 aliphatic carbocycles. The summed E-state index contributed by atoms with van der Waals surface area (Å²) < 4.78 is 23.9. The molecule has 0 saturated heterocycles. The van der Waals surface area contributed by atoms with Crippen molar-refractivity contribution < 1.29 is 18.7 Å². The Bertz CT molecular complexity index is 437. The number of esters is 1. The maximum Gasteiger partial charge on any atom is 0.347 e. The van der Waals surface area contributed by atoms with Crippen LogP contribution in [0.2, 0.25) is 0 Å². The molecule has 0 fully saturated rings. The highest BCUT2D eigenvalue weighted by Crippen LogP contribution is 2.20. The molecule has 1 aromatic rings. The molecule has 0 aromatic heterocycles. The van der Waals surface area contributed by atoms with Gasteiger partial charge in [-0.15, -0.1) is 0 Å². The van der Waals surface area contributed by atoms with E-state index in [1.54, 1.807) is 13.0 Å². The summed E-state index contributed by atoms with van der Waals surface area (Å²) in [6.07, 6.45) is 0.203. The van der Waals surface area contributed by atoms with Crippen LogP contribution in [0.15, 0.2) is 18.2 Å². The lowest BCUT2D eigenvalue weighted by molar-refractivity contribution is -0.150. The first kappa shape index (κ1) is 16.4. The average molecular weight is 283 g/mol. The van der Waals surface area contributed by atoms with Crippen molar-refractivity contribution in [2.45, 2.75) is 39.8 Å². The summed E-state index contributed by atoms with van der Waals surface area (Å²) in [5.41, 5.74) is 0.840. The van der Waals surface area contributed by atoms with Gasteiger partial charge in [0.05, 0.1) is 6.61 Å². The molecular formula is C15H22FNO3. The third-order valence-corrected chi connectivity index (χ3v) is 2.67. The van der Waals surface area contributed by atoms with Gasteiger partial charge in [0.25, 0.3) is 0 Å². The van der Waals surface area contributed by atoms with Crippen LogP contribution in [0.5, 0.6) is 5.75 Å². The molecule has 4 nitrogen and oxygen atoms in total. The van der Waals surface area contributed by atoms with Crippen LogP contribution in [-0.4, -0.2) is 25.2 Å². The molecule has 1 unspecified atom stereocenters. The lowest BCUT2D eigenvalue weighted by Gasteiger charge is -2.14. The Morgan fingerprint density at radius 1 is 1.40 bits per heavy atom. The first-order chi connectivity index (χ1) is 9.58. The molecule has 0 radical (unpaired) electrons. The molecule has 112 valence electrons. The maximum absolute atomic E-state index is 13.9. The molecule has 0 spiro atoms. The number of hydrogen-bond acceptors (Lipinski definition) is 4. The van der Waals surface area contributed by atoms with Gasteiger partial charge in [-0.2, -0.15) is 0 Å². The fourth-order valence-electron chi connectivity index (χ4n) is 1.66. The summed E-state index contributed by atoms with van der Waals surface area (Å²) in [5, 5.41) is 3.19. The van der Waals surface area contributed by atoms with Gasteiger partial charge in [-0.1, -0.05) is 13.0 Å². The van der Waals surface area contributed by atoms with Crippen LogP contribution >= 0.6 is 0 Å². The zero-order valence-corrected chi connectivity index (χ0v) is 12.2. The van der Waals surface area contributed by atoms with Gasteiger partial charge in [-0.25, -0.2) is 9.18 Å². The third-order valence-electron chi connectivity index (χ3n) is 2.67. The fraction of sp³-hybridized carbons (Fsp3) is 0.533. The molecule has 1 N–H and O–H groups in total. The largest absolute Gasteiger partial charge is 0.476 e. The summed E-state index contributed by atoms with van der Waals surface area (Å²) in [5.74, 6) is -0.915. The normalized spacial score (nSPS) is 12.0. The first-order valence-electron chi connectivity index (χ1n) is 6.90. The number of carbonyl (C=O) groups is 1.